The van der Waals surface area contributed by atoms with E-state index in [9.17, 15) is 0 Å². The Morgan fingerprint density at radius 1 is 0.842 bits per heavy atom. The van der Waals surface area contributed by atoms with Crippen molar-refractivity contribution < 1.29 is 0 Å². The van der Waals surface area contributed by atoms with Crippen molar-refractivity contribution in [3.05, 3.63) is 0 Å². The molecule has 0 aromatic rings. The molecule has 0 saturated carbocycles. The molecule has 0 amide bonds. The molecule has 3 aliphatic heterocycles. The molecule has 0 bridgehead atoms. The molecule has 0 atom stereocenters. The molecule has 3 fully saturated rings. The number of hydrogen-bond acceptors (Lipinski definition) is 4. The summed E-state index contributed by atoms with van der Waals surface area (Å²) >= 11 is 0. The molecule has 3 aliphatic rings. The number of nitrogens with one attached hydrogen (secondary N) is 1. The predicted octanol–water partition coefficient (Wildman–Crippen LogP) is 0.449. The van der Waals surface area contributed by atoms with Crippen molar-refractivity contribution >= 4 is 0 Å². The number of hydrogen-bond donors (Lipinski definition) is 1. The first kappa shape index (κ1) is 13.8. The highest BCUT2D eigenvalue weighted by atomic mass is 15.3. The summed E-state index contributed by atoms with van der Waals surface area (Å²) in [6.07, 6.45) is 2.76. The van der Waals surface area contributed by atoms with Gasteiger partial charge in [-0.2, -0.15) is 0 Å². The molecular weight excluding hydrogens is 236 g/mol. The number of likely N-dealkylation sites (tertiary alicyclic amines) is 2. The molecule has 0 aromatic carbocycles. The first-order valence-electron chi connectivity index (χ1n) is 8.17. The minimum absolute atomic E-state index is 0.728. The minimum Gasteiger partial charge on any atom is -0.314 e. The van der Waals surface area contributed by atoms with E-state index in [-0.39, 0.29) is 0 Å². The fourth-order valence-electron chi connectivity index (χ4n) is 3.83. The number of piperazine rings is 1. The van der Waals surface area contributed by atoms with E-state index in [0.29, 0.717) is 0 Å². The van der Waals surface area contributed by atoms with Gasteiger partial charge in [-0.3, -0.25) is 9.80 Å². The van der Waals surface area contributed by atoms with E-state index in [1.807, 2.05) is 0 Å². The van der Waals surface area contributed by atoms with Gasteiger partial charge in [0.15, 0.2) is 0 Å². The highest BCUT2D eigenvalue weighted by Gasteiger charge is 2.37. The summed E-state index contributed by atoms with van der Waals surface area (Å²) in [6.45, 7) is 14.8. The van der Waals surface area contributed by atoms with Gasteiger partial charge in [-0.05, 0) is 39.8 Å². The second kappa shape index (κ2) is 6.08. The Hall–Kier alpha value is -0.160. The first-order chi connectivity index (χ1) is 9.24. The van der Waals surface area contributed by atoms with Crippen LogP contribution in [0.15, 0.2) is 0 Å². The van der Waals surface area contributed by atoms with Crippen LogP contribution in [0.3, 0.4) is 0 Å². The first-order valence-corrected chi connectivity index (χ1v) is 8.17. The summed E-state index contributed by atoms with van der Waals surface area (Å²) in [5.74, 6) is 0. The zero-order chi connectivity index (χ0) is 13.2. The van der Waals surface area contributed by atoms with Crippen molar-refractivity contribution in [2.45, 2.75) is 44.8 Å². The van der Waals surface area contributed by atoms with Gasteiger partial charge in [0.05, 0.1) is 0 Å². The van der Waals surface area contributed by atoms with Crippen LogP contribution in [-0.4, -0.2) is 85.2 Å². The molecule has 110 valence electrons. The molecule has 0 aromatic heterocycles. The Labute approximate surface area is 118 Å². The zero-order valence-corrected chi connectivity index (χ0v) is 12.6. The lowest BCUT2D eigenvalue weighted by Gasteiger charge is -2.51. The van der Waals surface area contributed by atoms with E-state index in [4.69, 9.17) is 0 Å². The molecule has 3 rings (SSSR count). The Kier molecular flexibility index (Phi) is 4.42. The van der Waals surface area contributed by atoms with E-state index >= 15 is 0 Å². The third-order valence-corrected chi connectivity index (χ3v) is 5.30. The van der Waals surface area contributed by atoms with Crippen LogP contribution < -0.4 is 5.32 Å². The third kappa shape index (κ3) is 3.13. The summed E-state index contributed by atoms with van der Waals surface area (Å²) in [5, 5.41) is 3.45. The fourth-order valence-corrected chi connectivity index (χ4v) is 3.83. The summed E-state index contributed by atoms with van der Waals surface area (Å²) in [5.41, 5.74) is 0. The van der Waals surface area contributed by atoms with Crippen LogP contribution in [0.5, 0.6) is 0 Å². The largest absolute Gasteiger partial charge is 0.314 e. The maximum absolute atomic E-state index is 3.45. The van der Waals surface area contributed by atoms with E-state index < -0.39 is 0 Å². The lowest BCUT2D eigenvalue weighted by atomic mass is 9.96. The highest BCUT2D eigenvalue weighted by molar-refractivity contribution is 4.94. The number of nitrogens with zero attached hydrogens (tertiary/aromatic N) is 3. The van der Waals surface area contributed by atoms with E-state index in [1.54, 1.807) is 0 Å². The van der Waals surface area contributed by atoms with Gasteiger partial charge in [-0.1, -0.05) is 0 Å². The topological polar surface area (TPSA) is 21.8 Å². The minimum atomic E-state index is 0.728. The van der Waals surface area contributed by atoms with Crippen LogP contribution in [0.25, 0.3) is 0 Å². The van der Waals surface area contributed by atoms with Crippen LogP contribution in [0.1, 0.15) is 26.7 Å². The quantitative estimate of drug-likeness (QED) is 0.800. The fraction of sp³-hybridized carbons (Fsp3) is 1.00. The van der Waals surface area contributed by atoms with Gasteiger partial charge in [0.1, 0.15) is 0 Å². The van der Waals surface area contributed by atoms with Crippen molar-refractivity contribution in [2.75, 3.05) is 52.4 Å². The van der Waals surface area contributed by atoms with E-state index in [2.05, 4.69) is 33.9 Å². The van der Waals surface area contributed by atoms with Gasteiger partial charge in [-0.15, -0.1) is 0 Å². The molecule has 3 saturated heterocycles. The molecule has 0 aliphatic carbocycles. The standard InChI is InChI=1S/C15H30N4/c1-13(2)17-7-3-14(4-8-17)19-11-15(12-19)18-9-5-16-6-10-18/h13-16H,3-12H2,1-2H3. The Balaban J connectivity index is 1.39. The van der Waals surface area contributed by atoms with Gasteiger partial charge in [0, 0.05) is 57.4 Å². The van der Waals surface area contributed by atoms with Crippen molar-refractivity contribution in [1.29, 1.82) is 0 Å². The molecule has 4 nitrogen and oxygen atoms in total. The van der Waals surface area contributed by atoms with Gasteiger partial charge >= 0.3 is 0 Å². The number of piperidine rings is 1. The van der Waals surface area contributed by atoms with Gasteiger partial charge in [-0.25, -0.2) is 0 Å². The average Bonchev–Trinajstić information content (AvgIpc) is 2.39. The zero-order valence-electron chi connectivity index (χ0n) is 12.6. The lowest BCUT2D eigenvalue weighted by molar-refractivity contribution is -0.0207. The molecule has 4 heteroatoms. The van der Waals surface area contributed by atoms with Crippen LogP contribution in [0.4, 0.5) is 0 Å². The summed E-state index contributed by atoms with van der Waals surface area (Å²) in [4.78, 5) is 8.06. The smallest absolute Gasteiger partial charge is 0.0351 e. The number of rotatable bonds is 3. The molecule has 3 heterocycles. The monoisotopic (exact) mass is 266 g/mol. The Morgan fingerprint density at radius 2 is 1.47 bits per heavy atom. The maximum Gasteiger partial charge on any atom is 0.0351 e. The third-order valence-electron chi connectivity index (χ3n) is 5.30. The molecule has 0 radical (unpaired) electrons. The Morgan fingerprint density at radius 3 is 2.05 bits per heavy atom. The van der Waals surface area contributed by atoms with Crippen molar-refractivity contribution in [3.63, 3.8) is 0 Å². The summed E-state index contributed by atoms with van der Waals surface area (Å²) in [7, 11) is 0. The van der Waals surface area contributed by atoms with Gasteiger partial charge in [0.2, 0.25) is 0 Å². The van der Waals surface area contributed by atoms with Crippen molar-refractivity contribution in [2.24, 2.45) is 0 Å². The van der Waals surface area contributed by atoms with Crippen molar-refractivity contribution in [1.82, 2.24) is 20.0 Å². The molecular formula is C15H30N4. The predicted molar refractivity (Wildman–Crippen MR) is 79.5 cm³/mol. The van der Waals surface area contributed by atoms with Crippen LogP contribution in [0, 0.1) is 0 Å². The second-order valence-electron chi connectivity index (χ2n) is 6.75. The van der Waals surface area contributed by atoms with E-state index in [0.717, 1.165) is 18.1 Å². The normalized spacial score (nSPS) is 29.8. The average molecular weight is 266 g/mol. The van der Waals surface area contributed by atoms with Crippen LogP contribution >= 0.6 is 0 Å². The Bertz CT molecular complexity index is 274. The molecule has 0 unspecified atom stereocenters. The second-order valence-corrected chi connectivity index (χ2v) is 6.75. The van der Waals surface area contributed by atoms with Gasteiger partial charge < -0.3 is 10.2 Å². The van der Waals surface area contributed by atoms with Crippen LogP contribution in [0.2, 0.25) is 0 Å². The summed E-state index contributed by atoms with van der Waals surface area (Å²) < 4.78 is 0. The summed E-state index contributed by atoms with van der Waals surface area (Å²) in [6, 6.07) is 2.45. The maximum atomic E-state index is 3.45. The van der Waals surface area contributed by atoms with Gasteiger partial charge in [0.25, 0.3) is 0 Å². The highest BCUT2D eigenvalue weighted by Crippen LogP contribution is 2.25. The van der Waals surface area contributed by atoms with E-state index in [1.165, 1.54) is 65.2 Å². The molecule has 1 N–H and O–H groups in total. The van der Waals surface area contributed by atoms with Crippen LogP contribution in [-0.2, 0) is 0 Å². The molecule has 19 heavy (non-hydrogen) atoms. The lowest BCUT2D eigenvalue weighted by Crippen LogP contribution is -2.65. The van der Waals surface area contributed by atoms with Crippen molar-refractivity contribution in [3.8, 4) is 0 Å². The molecule has 0 spiro atoms. The SMILES string of the molecule is CC(C)N1CCC(N2CC(N3CCNCC3)C2)CC1.